The third-order valence-corrected chi connectivity index (χ3v) is 9.21. The Bertz CT molecular complexity index is 686. The van der Waals surface area contributed by atoms with Gasteiger partial charge in [0.25, 0.3) is 0 Å². The molecular weight excluding hydrogens is 404 g/mol. The Balaban J connectivity index is 2.05. The number of carbonyl (C=O) groups is 3. The minimum absolute atomic E-state index is 0.00674. The molecule has 2 N–H and O–H groups in total. The Morgan fingerprint density at radius 1 is 1.37 bits per heavy atom. The van der Waals surface area contributed by atoms with E-state index < -0.39 is 28.7 Å². The fourth-order valence-corrected chi connectivity index (χ4v) is 8.12. The smallest absolute Gasteiger partial charge is 0.310 e. The first-order valence-corrected chi connectivity index (χ1v) is 12.2. The first kappa shape index (κ1) is 23.4. The monoisotopic (exact) mass is 440 g/mol. The molecule has 7 nitrogen and oxygen atoms in total. The van der Waals surface area contributed by atoms with Crippen LogP contribution in [0.4, 0.5) is 0 Å². The molecular formula is C22H36N2O5S. The molecule has 0 radical (unpaired) electrons. The number of rotatable bonds is 9. The van der Waals surface area contributed by atoms with Crippen molar-refractivity contribution in [3.8, 4) is 0 Å². The number of nitrogens with zero attached hydrogens (tertiary/aromatic N) is 1. The summed E-state index contributed by atoms with van der Waals surface area (Å²) in [6.45, 7) is 10.4. The Morgan fingerprint density at radius 3 is 2.63 bits per heavy atom. The Hall–Kier alpha value is -1.28. The van der Waals surface area contributed by atoms with Gasteiger partial charge in [0.2, 0.25) is 11.8 Å². The van der Waals surface area contributed by atoms with Crippen molar-refractivity contribution < 1.29 is 24.2 Å². The van der Waals surface area contributed by atoms with Crippen LogP contribution in [-0.2, 0) is 19.1 Å². The number of hydrogen-bond donors (Lipinski definition) is 2. The number of ether oxygens (including phenoxy) is 1. The number of amides is 2. The number of carbonyl (C=O) groups excluding carboxylic acids is 3. The summed E-state index contributed by atoms with van der Waals surface area (Å²) in [6, 6.07) is -1.15. The number of unbranched alkanes of at least 4 members (excludes halogenated alkanes) is 1. The average Bonchev–Trinajstić information content (AvgIpc) is 3.27. The zero-order valence-corrected chi connectivity index (χ0v) is 19.5. The van der Waals surface area contributed by atoms with E-state index in [0.29, 0.717) is 6.54 Å². The zero-order chi connectivity index (χ0) is 22.2. The summed E-state index contributed by atoms with van der Waals surface area (Å²) in [5.41, 5.74) is 0. The highest BCUT2D eigenvalue weighted by atomic mass is 32.2. The zero-order valence-electron chi connectivity index (χ0n) is 18.7. The van der Waals surface area contributed by atoms with E-state index in [1.165, 1.54) is 0 Å². The number of hydrogen-bond acceptors (Lipinski definition) is 6. The quantitative estimate of drug-likeness (QED) is 0.419. The van der Waals surface area contributed by atoms with Gasteiger partial charge in [0, 0.05) is 11.8 Å². The molecule has 3 aliphatic heterocycles. The maximum Gasteiger partial charge on any atom is 0.310 e. The molecule has 3 saturated heterocycles. The van der Waals surface area contributed by atoms with Crippen LogP contribution < -0.4 is 5.32 Å². The van der Waals surface area contributed by atoms with E-state index in [1.807, 2.05) is 13.8 Å². The van der Waals surface area contributed by atoms with Crippen molar-refractivity contribution >= 4 is 29.5 Å². The van der Waals surface area contributed by atoms with Gasteiger partial charge in [-0.25, -0.2) is 0 Å². The van der Waals surface area contributed by atoms with Crippen LogP contribution in [0.15, 0.2) is 0 Å². The predicted octanol–water partition coefficient (Wildman–Crippen LogP) is 1.82. The van der Waals surface area contributed by atoms with Crippen LogP contribution in [0.5, 0.6) is 0 Å². The number of aliphatic hydroxyl groups is 1. The van der Waals surface area contributed by atoms with Crippen LogP contribution in [-0.4, -0.2) is 69.6 Å². The van der Waals surface area contributed by atoms with Crippen LogP contribution in [0.3, 0.4) is 0 Å². The Morgan fingerprint density at radius 2 is 2.07 bits per heavy atom. The molecule has 0 saturated carbocycles. The van der Waals surface area contributed by atoms with Crippen LogP contribution in [0.25, 0.3) is 0 Å². The first-order valence-electron chi connectivity index (χ1n) is 11.3. The molecule has 3 aliphatic rings. The third kappa shape index (κ3) is 3.44. The molecule has 3 unspecified atom stereocenters. The molecule has 7 atom stereocenters. The van der Waals surface area contributed by atoms with Crippen LogP contribution >= 0.6 is 11.8 Å². The number of esters is 1. The first-order chi connectivity index (χ1) is 14.3. The number of thioether (sulfide) groups is 1. The predicted molar refractivity (Wildman–Crippen MR) is 116 cm³/mol. The summed E-state index contributed by atoms with van der Waals surface area (Å²) < 4.78 is 4.68. The number of likely N-dealkylation sites (tertiary alicyclic amines) is 1. The van der Waals surface area contributed by atoms with Gasteiger partial charge in [0.05, 0.1) is 35.8 Å². The molecule has 2 amide bonds. The standard InChI is InChI=1S/C22H36N2O5S/c1-6-8-9-23-19(26)18-22-13(5)10-15(30-22)16(21(28)29-7-2)17(22)20(27)24(18)14(11-25)12(3)4/h12-18,25H,6-11H2,1-5H3,(H,23,26)/t13?,14-,15+,16-,17-,18?,22?/m0/s1. The lowest BCUT2D eigenvalue weighted by molar-refractivity contribution is -0.154. The maximum absolute atomic E-state index is 13.8. The van der Waals surface area contributed by atoms with E-state index in [2.05, 4.69) is 19.2 Å². The third-order valence-electron chi connectivity index (χ3n) is 7.13. The summed E-state index contributed by atoms with van der Waals surface area (Å²) in [5.74, 6) is -1.68. The average molecular weight is 441 g/mol. The molecule has 1 spiro atoms. The van der Waals surface area contributed by atoms with E-state index in [9.17, 15) is 19.5 Å². The second-order valence-corrected chi connectivity index (χ2v) is 10.7. The van der Waals surface area contributed by atoms with Gasteiger partial charge in [-0.1, -0.05) is 34.1 Å². The molecule has 3 fully saturated rings. The largest absolute Gasteiger partial charge is 0.466 e. The van der Waals surface area contributed by atoms with Gasteiger partial charge < -0.3 is 20.1 Å². The molecule has 0 aliphatic carbocycles. The van der Waals surface area contributed by atoms with Crippen molar-refractivity contribution in [2.24, 2.45) is 23.7 Å². The second-order valence-electron chi connectivity index (χ2n) is 9.19. The fraction of sp³-hybridized carbons (Fsp3) is 0.864. The molecule has 0 aromatic carbocycles. The summed E-state index contributed by atoms with van der Waals surface area (Å²) in [7, 11) is 0. The molecule has 170 valence electrons. The van der Waals surface area contributed by atoms with Gasteiger partial charge in [-0.05, 0) is 31.6 Å². The SMILES string of the molecule is CCCCNC(=O)C1N([C@@H](CO)C(C)C)C(=O)[C@@H]2[C@@H](C(=O)OCC)[C@H]3CC(C)C12S3. The highest BCUT2D eigenvalue weighted by Crippen LogP contribution is 2.69. The molecule has 8 heteroatoms. The van der Waals surface area contributed by atoms with E-state index in [0.717, 1.165) is 19.3 Å². The summed E-state index contributed by atoms with van der Waals surface area (Å²) in [5, 5.41) is 13.1. The number of fused-ring (bicyclic) bond motifs is 1. The Kier molecular flexibility index (Phi) is 7.07. The number of nitrogens with one attached hydrogen (secondary N) is 1. The maximum atomic E-state index is 13.8. The van der Waals surface area contributed by atoms with Gasteiger partial charge in [-0.2, -0.15) is 0 Å². The van der Waals surface area contributed by atoms with E-state index in [4.69, 9.17) is 4.74 Å². The van der Waals surface area contributed by atoms with Crippen LogP contribution in [0.2, 0.25) is 0 Å². The van der Waals surface area contributed by atoms with E-state index in [-0.39, 0.29) is 48.1 Å². The van der Waals surface area contributed by atoms with Crippen molar-refractivity contribution in [1.29, 1.82) is 0 Å². The van der Waals surface area contributed by atoms with Crippen molar-refractivity contribution in [3.63, 3.8) is 0 Å². The summed E-state index contributed by atoms with van der Waals surface area (Å²) in [6.07, 6.45) is 2.62. The summed E-state index contributed by atoms with van der Waals surface area (Å²) in [4.78, 5) is 41.7. The fourth-order valence-electron chi connectivity index (χ4n) is 5.73. The lowest BCUT2D eigenvalue weighted by atomic mass is 9.66. The van der Waals surface area contributed by atoms with Gasteiger partial charge in [0.15, 0.2) is 0 Å². The van der Waals surface area contributed by atoms with Gasteiger partial charge in [0.1, 0.15) is 6.04 Å². The highest BCUT2D eigenvalue weighted by Gasteiger charge is 2.76. The Labute approximate surface area is 183 Å². The minimum Gasteiger partial charge on any atom is -0.466 e. The molecule has 3 rings (SSSR count). The number of aliphatic hydroxyl groups excluding tert-OH is 1. The normalized spacial score (nSPS) is 35.6. The molecule has 2 bridgehead atoms. The van der Waals surface area contributed by atoms with E-state index >= 15 is 0 Å². The van der Waals surface area contributed by atoms with Crippen molar-refractivity contribution in [3.05, 3.63) is 0 Å². The van der Waals surface area contributed by atoms with Crippen molar-refractivity contribution in [1.82, 2.24) is 10.2 Å². The van der Waals surface area contributed by atoms with Gasteiger partial charge >= 0.3 is 5.97 Å². The van der Waals surface area contributed by atoms with Gasteiger partial charge in [-0.3, -0.25) is 14.4 Å². The molecule has 0 aromatic rings. The van der Waals surface area contributed by atoms with Crippen LogP contribution in [0, 0.1) is 23.7 Å². The van der Waals surface area contributed by atoms with Crippen molar-refractivity contribution in [2.75, 3.05) is 19.8 Å². The van der Waals surface area contributed by atoms with Gasteiger partial charge in [-0.15, -0.1) is 11.8 Å². The minimum atomic E-state index is -0.684. The second kappa shape index (κ2) is 9.07. The summed E-state index contributed by atoms with van der Waals surface area (Å²) >= 11 is 1.64. The van der Waals surface area contributed by atoms with Crippen LogP contribution in [0.1, 0.15) is 53.9 Å². The molecule has 30 heavy (non-hydrogen) atoms. The van der Waals surface area contributed by atoms with Crippen molar-refractivity contribution in [2.45, 2.75) is 76.0 Å². The van der Waals surface area contributed by atoms with E-state index in [1.54, 1.807) is 23.6 Å². The molecule has 3 heterocycles. The highest BCUT2D eigenvalue weighted by molar-refractivity contribution is 8.02. The lowest BCUT2D eigenvalue weighted by Crippen LogP contribution is -2.59. The molecule has 0 aromatic heterocycles. The lowest BCUT2D eigenvalue weighted by Gasteiger charge is -2.40. The topological polar surface area (TPSA) is 95.9 Å².